The maximum absolute atomic E-state index is 14.9. The van der Waals surface area contributed by atoms with E-state index in [-0.39, 0.29) is 22.7 Å². The molecule has 10 heteroatoms. The summed E-state index contributed by atoms with van der Waals surface area (Å²) in [7, 11) is 3.01. The molecule has 0 unspecified atom stereocenters. The highest BCUT2D eigenvalue weighted by atomic mass is 35.5. The molecule has 0 N–H and O–H groups in total. The van der Waals surface area contributed by atoms with Gasteiger partial charge in [0, 0.05) is 37.8 Å². The normalized spacial score (nSPS) is 15.5. The molecule has 1 aliphatic heterocycles. The molecule has 0 amide bonds. The van der Waals surface area contributed by atoms with Crippen molar-refractivity contribution in [2.24, 2.45) is 14.1 Å². The molecule has 1 aliphatic rings. The molecule has 37 heavy (non-hydrogen) atoms. The van der Waals surface area contributed by atoms with Crippen LogP contribution in [-0.2, 0) is 20.6 Å². The number of aryl methyl sites for hydroxylation is 1. The van der Waals surface area contributed by atoms with Gasteiger partial charge in [0.25, 0.3) is 5.56 Å². The van der Waals surface area contributed by atoms with Gasteiger partial charge in [0.05, 0.1) is 11.6 Å². The lowest BCUT2D eigenvalue weighted by Gasteiger charge is -2.22. The Morgan fingerprint density at radius 2 is 1.81 bits per heavy atom. The Morgan fingerprint density at radius 3 is 2.59 bits per heavy atom. The second kappa shape index (κ2) is 10.2. The lowest BCUT2D eigenvalue weighted by molar-refractivity contribution is 0.599. The minimum Gasteiger partial charge on any atom is -0.342 e. The van der Waals surface area contributed by atoms with Crippen LogP contribution in [-0.4, -0.2) is 31.8 Å². The summed E-state index contributed by atoms with van der Waals surface area (Å²) in [5, 5.41) is 0.702. The molecule has 192 valence electrons. The molecular formula is C27H26Cl2FN5O2. The quantitative estimate of drug-likeness (QED) is 0.364. The lowest BCUT2D eigenvalue weighted by Crippen LogP contribution is -2.37. The van der Waals surface area contributed by atoms with Crippen LogP contribution >= 0.6 is 23.2 Å². The standard InChI is InChI=1S/C27H26Cl2FN5O2/c1-32-24-23(25(36)33(2)27(32)37)35(16-19-8-4-10-21(29)22(19)30)26(31-24)34-12-5-7-17(11-13-34)14-18-6-3-9-20(28)15-18/h3-4,6,8-10,14-15H,5,7,11-13,16H2,1-2H3/b17-14-. The van der Waals surface area contributed by atoms with Gasteiger partial charge in [-0.25, -0.2) is 9.18 Å². The van der Waals surface area contributed by atoms with Crippen LogP contribution in [0.4, 0.5) is 10.3 Å². The summed E-state index contributed by atoms with van der Waals surface area (Å²) < 4.78 is 19.0. The SMILES string of the molecule is Cn1c(=O)c2c(nc(N3CCC/C(=C/c4cccc(Cl)c4)CC3)n2Cc2cccc(Cl)c2F)n(C)c1=O. The smallest absolute Gasteiger partial charge is 0.332 e. The maximum Gasteiger partial charge on any atom is 0.332 e. The molecule has 1 fully saturated rings. The zero-order chi connectivity index (χ0) is 26.3. The van der Waals surface area contributed by atoms with E-state index in [1.54, 1.807) is 23.7 Å². The molecule has 1 saturated heterocycles. The second-order valence-corrected chi connectivity index (χ2v) is 10.1. The fourth-order valence-corrected chi connectivity index (χ4v) is 5.25. The van der Waals surface area contributed by atoms with Crippen molar-refractivity contribution in [2.45, 2.75) is 25.8 Å². The number of rotatable bonds is 4. The van der Waals surface area contributed by atoms with E-state index in [0.29, 0.717) is 29.6 Å². The van der Waals surface area contributed by atoms with Crippen LogP contribution in [0.2, 0.25) is 10.0 Å². The number of hydrogen-bond donors (Lipinski definition) is 0. The number of benzene rings is 2. The number of nitrogens with zero attached hydrogens (tertiary/aromatic N) is 5. The summed E-state index contributed by atoms with van der Waals surface area (Å²) >= 11 is 12.2. The van der Waals surface area contributed by atoms with E-state index in [1.807, 2.05) is 24.3 Å². The molecule has 7 nitrogen and oxygen atoms in total. The molecule has 5 rings (SSSR count). The third-order valence-electron chi connectivity index (χ3n) is 6.82. The molecule has 0 bridgehead atoms. The highest BCUT2D eigenvalue weighted by molar-refractivity contribution is 6.31. The van der Waals surface area contributed by atoms with Crippen molar-refractivity contribution in [3.63, 3.8) is 0 Å². The summed E-state index contributed by atoms with van der Waals surface area (Å²) in [5.41, 5.74) is 2.25. The second-order valence-electron chi connectivity index (χ2n) is 9.29. The van der Waals surface area contributed by atoms with Gasteiger partial charge in [0.2, 0.25) is 5.95 Å². The van der Waals surface area contributed by atoms with E-state index in [1.165, 1.54) is 23.3 Å². The topological polar surface area (TPSA) is 65.1 Å². The highest BCUT2D eigenvalue weighted by Gasteiger charge is 2.25. The fraction of sp³-hybridized carbons (Fsp3) is 0.296. The van der Waals surface area contributed by atoms with E-state index < -0.39 is 17.1 Å². The Hall–Kier alpha value is -3.36. The Labute approximate surface area is 223 Å². The number of hydrogen-bond acceptors (Lipinski definition) is 4. The average molecular weight is 542 g/mol. The molecule has 3 heterocycles. The van der Waals surface area contributed by atoms with Crippen molar-refractivity contribution in [1.29, 1.82) is 0 Å². The predicted molar refractivity (Wildman–Crippen MR) is 146 cm³/mol. The molecule has 0 radical (unpaired) electrons. The molecular weight excluding hydrogens is 516 g/mol. The van der Waals surface area contributed by atoms with Crippen molar-refractivity contribution in [1.82, 2.24) is 18.7 Å². The largest absolute Gasteiger partial charge is 0.342 e. The first-order chi connectivity index (χ1) is 17.7. The van der Waals surface area contributed by atoms with Crippen LogP contribution in [0.1, 0.15) is 30.4 Å². The van der Waals surface area contributed by atoms with Crippen molar-refractivity contribution in [3.8, 4) is 0 Å². The van der Waals surface area contributed by atoms with Gasteiger partial charge in [-0.3, -0.25) is 18.5 Å². The van der Waals surface area contributed by atoms with Crippen LogP contribution in [0.3, 0.4) is 0 Å². The van der Waals surface area contributed by atoms with Crippen molar-refractivity contribution >= 4 is 46.4 Å². The van der Waals surface area contributed by atoms with Gasteiger partial charge in [0.15, 0.2) is 11.2 Å². The van der Waals surface area contributed by atoms with Gasteiger partial charge < -0.3 is 4.90 Å². The van der Waals surface area contributed by atoms with E-state index >= 15 is 0 Å². The van der Waals surface area contributed by atoms with Crippen LogP contribution in [0.25, 0.3) is 17.2 Å². The van der Waals surface area contributed by atoms with E-state index in [4.69, 9.17) is 28.2 Å². The van der Waals surface area contributed by atoms with Gasteiger partial charge >= 0.3 is 5.69 Å². The van der Waals surface area contributed by atoms with Crippen molar-refractivity contribution in [3.05, 3.63) is 95.9 Å². The molecule has 2 aromatic heterocycles. The summed E-state index contributed by atoms with van der Waals surface area (Å²) in [6.07, 6.45) is 4.74. The summed E-state index contributed by atoms with van der Waals surface area (Å²) in [6, 6.07) is 12.5. The zero-order valence-electron chi connectivity index (χ0n) is 20.5. The minimum absolute atomic E-state index is 0.00865. The van der Waals surface area contributed by atoms with Gasteiger partial charge in [-0.2, -0.15) is 4.98 Å². The molecule has 2 aromatic carbocycles. The van der Waals surface area contributed by atoms with E-state index in [0.717, 1.165) is 29.4 Å². The molecule has 0 saturated carbocycles. The van der Waals surface area contributed by atoms with Gasteiger partial charge in [-0.1, -0.05) is 59.1 Å². The first-order valence-electron chi connectivity index (χ1n) is 12.0. The number of imidazole rings is 1. The first kappa shape index (κ1) is 25.3. The number of halogens is 3. The Bertz CT molecular complexity index is 1650. The first-order valence-corrected chi connectivity index (χ1v) is 12.8. The maximum atomic E-state index is 14.9. The Kier molecular flexibility index (Phi) is 6.96. The summed E-state index contributed by atoms with van der Waals surface area (Å²) in [6.45, 7) is 1.40. The van der Waals surface area contributed by atoms with Crippen LogP contribution in [0.15, 0.2) is 57.6 Å². The Morgan fingerprint density at radius 1 is 1.03 bits per heavy atom. The highest BCUT2D eigenvalue weighted by Crippen LogP contribution is 2.28. The van der Waals surface area contributed by atoms with Gasteiger partial charge in [-0.05, 0) is 43.0 Å². The van der Waals surface area contributed by atoms with Crippen LogP contribution in [0, 0.1) is 5.82 Å². The van der Waals surface area contributed by atoms with Crippen LogP contribution in [0.5, 0.6) is 0 Å². The molecule has 0 atom stereocenters. The lowest BCUT2D eigenvalue weighted by atomic mass is 10.0. The fourth-order valence-electron chi connectivity index (χ4n) is 4.86. The molecule has 0 spiro atoms. The Balaban J connectivity index is 1.59. The third kappa shape index (κ3) is 4.83. The number of fused-ring (bicyclic) bond motifs is 1. The number of anilines is 1. The van der Waals surface area contributed by atoms with E-state index in [9.17, 15) is 14.0 Å². The zero-order valence-corrected chi connectivity index (χ0v) is 22.1. The van der Waals surface area contributed by atoms with E-state index in [2.05, 4.69) is 11.0 Å². The van der Waals surface area contributed by atoms with Gasteiger partial charge in [0.1, 0.15) is 5.82 Å². The summed E-state index contributed by atoms with van der Waals surface area (Å²) in [5.74, 6) is -0.0158. The van der Waals surface area contributed by atoms with Crippen molar-refractivity contribution < 1.29 is 4.39 Å². The van der Waals surface area contributed by atoms with Crippen molar-refractivity contribution in [2.75, 3.05) is 18.0 Å². The number of aromatic nitrogens is 4. The molecule has 4 aromatic rings. The average Bonchev–Trinajstić information content (AvgIpc) is 3.09. The van der Waals surface area contributed by atoms with Crippen LogP contribution < -0.4 is 16.1 Å². The van der Waals surface area contributed by atoms with Gasteiger partial charge in [-0.15, -0.1) is 0 Å². The molecule has 0 aliphatic carbocycles. The monoisotopic (exact) mass is 541 g/mol. The third-order valence-corrected chi connectivity index (χ3v) is 7.35. The minimum atomic E-state index is -0.541. The predicted octanol–water partition coefficient (Wildman–Crippen LogP) is 5.00. The summed E-state index contributed by atoms with van der Waals surface area (Å²) in [4.78, 5) is 32.7.